The molecule has 0 fully saturated rings. The number of hydrogen-bond donors (Lipinski definition) is 2. The highest BCUT2D eigenvalue weighted by Gasteiger charge is 2.34. The molecule has 2 aromatic carbocycles. The molecule has 26 heavy (non-hydrogen) atoms. The van der Waals surface area contributed by atoms with E-state index in [-0.39, 0.29) is 5.56 Å². The Morgan fingerprint density at radius 3 is 2.54 bits per heavy atom. The normalized spacial score (nSPS) is 12.1. The number of fused-ring (bicyclic) bond motifs is 1. The first-order valence-corrected chi connectivity index (χ1v) is 9.36. The predicted molar refractivity (Wildman–Crippen MR) is 103 cm³/mol. The average Bonchev–Trinajstić information content (AvgIpc) is 2.93. The average molecular weight is 446 g/mol. The Morgan fingerprint density at radius 1 is 1.12 bits per heavy atom. The van der Waals surface area contributed by atoms with E-state index in [1.165, 1.54) is 12.1 Å². The number of hydrogen-bond acceptors (Lipinski definition) is 1. The number of H-pyrrole nitrogens is 1. The van der Waals surface area contributed by atoms with E-state index in [9.17, 15) is 13.2 Å². The number of benzene rings is 2. The van der Waals surface area contributed by atoms with Crippen LogP contribution in [0, 0.1) is 0 Å². The number of nitrogens with two attached hydrogens (primary N) is 1. The van der Waals surface area contributed by atoms with Crippen molar-refractivity contribution < 1.29 is 13.2 Å². The first-order valence-electron chi connectivity index (χ1n) is 8.19. The zero-order valence-electron chi connectivity index (χ0n) is 13.8. The highest BCUT2D eigenvalue weighted by Crippen LogP contribution is 2.41. The molecule has 1 heterocycles. The van der Waals surface area contributed by atoms with Gasteiger partial charge < -0.3 is 10.7 Å². The Balaban J connectivity index is 2.26. The lowest BCUT2D eigenvalue weighted by molar-refractivity contribution is -0.137. The van der Waals surface area contributed by atoms with Gasteiger partial charge in [-0.2, -0.15) is 13.2 Å². The molecule has 0 aliphatic carbocycles. The number of rotatable bonds is 5. The van der Waals surface area contributed by atoms with Crippen LogP contribution in [0.25, 0.3) is 22.2 Å². The maximum Gasteiger partial charge on any atom is 0.417 e. The number of halogens is 5. The van der Waals surface area contributed by atoms with Crippen molar-refractivity contribution in [3.8, 4) is 11.3 Å². The molecule has 0 unspecified atom stereocenters. The van der Waals surface area contributed by atoms with Gasteiger partial charge in [0.15, 0.2) is 0 Å². The summed E-state index contributed by atoms with van der Waals surface area (Å²) >= 11 is 9.62. The standard InChI is InChI=1S/C19H17BrClF3N2/c20-16-10-11(21)9-14-12(5-3-4-8-25)17(26-18(14)16)13-6-1-2-7-15(13)19(22,23)24/h1-2,6-7,9-10,26H,3-5,8,25H2. The number of aromatic nitrogens is 1. The summed E-state index contributed by atoms with van der Waals surface area (Å²) in [6, 6.07) is 9.12. The Hall–Kier alpha value is -1.50. The topological polar surface area (TPSA) is 41.8 Å². The first-order chi connectivity index (χ1) is 12.3. The van der Waals surface area contributed by atoms with Crippen LogP contribution in [0.3, 0.4) is 0 Å². The van der Waals surface area contributed by atoms with Crippen molar-refractivity contribution in [2.24, 2.45) is 5.73 Å². The number of aromatic amines is 1. The maximum absolute atomic E-state index is 13.5. The van der Waals surface area contributed by atoms with Gasteiger partial charge in [-0.05, 0) is 65.5 Å². The molecule has 7 heteroatoms. The number of alkyl halides is 3. The van der Waals surface area contributed by atoms with Crippen LogP contribution in [0.15, 0.2) is 40.9 Å². The molecule has 3 aromatic rings. The van der Waals surface area contributed by atoms with Crippen LogP contribution in [-0.4, -0.2) is 11.5 Å². The van der Waals surface area contributed by atoms with E-state index < -0.39 is 11.7 Å². The molecule has 0 saturated carbocycles. The minimum Gasteiger partial charge on any atom is -0.353 e. The van der Waals surface area contributed by atoms with Crippen molar-refractivity contribution in [3.05, 3.63) is 57.0 Å². The van der Waals surface area contributed by atoms with Crippen LogP contribution in [0.5, 0.6) is 0 Å². The monoisotopic (exact) mass is 444 g/mol. The van der Waals surface area contributed by atoms with Gasteiger partial charge in [0.05, 0.1) is 16.8 Å². The molecule has 0 bridgehead atoms. The second kappa shape index (κ2) is 7.62. The minimum absolute atomic E-state index is 0.141. The van der Waals surface area contributed by atoms with E-state index in [0.717, 1.165) is 39.8 Å². The second-order valence-corrected chi connectivity index (χ2v) is 7.37. The van der Waals surface area contributed by atoms with Gasteiger partial charge in [-0.15, -0.1) is 0 Å². The molecule has 0 aliphatic heterocycles. The van der Waals surface area contributed by atoms with E-state index in [1.807, 2.05) is 0 Å². The van der Waals surface area contributed by atoms with Crippen molar-refractivity contribution in [3.63, 3.8) is 0 Å². The summed E-state index contributed by atoms with van der Waals surface area (Å²) in [5.74, 6) is 0. The van der Waals surface area contributed by atoms with Crippen molar-refractivity contribution >= 4 is 38.4 Å². The van der Waals surface area contributed by atoms with Crippen LogP contribution in [0.4, 0.5) is 13.2 Å². The van der Waals surface area contributed by atoms with E-state index >= 15 is 0 Å². The molecule has 2 nitrogen and oxygen atoms in total. The van der Waals surface area contributed by atoms with Gasteiger partial charge in [-0.3, -0.25) is 0 Å². The van der Waals surface area contributed by atoms with Crippen LogP contribution < -0.4 is 5.73 Å². The van der Waals surface area contributed by atoms with Crippen molar-refractivity contribution in [2.75, 3.05) is 6.54 Å². The van der Waals surface area contributed by atoms with Gasteiger partial charge in [0.1, 0.15) is 0 Å². The largest absolute Gasteiger partial charge is 0.417 e. The van der Waals surface area contributed by atoms with Crippen molar-refractivity contribution in [1.82, 2.24) is 4.98 Å². The highest BCUT2D eigenvalue weighted by atomic mass is 79.9. The third kappa shape index (κ3) is 3.77. The molecule has 3 N–H and O–H groups in total. The quantitative estimate of drug-likeness (QED) is 0.430. The lowest BCUT2D eigenvalue weighted by atomic mass is 9.97. The lowest BCUT2D eigenvalue weighted by Gasteiger charge is -2.13. The summed E-state index contributed by atoms with van der Waals surface area (Å²) in [4.78, 5) is 3.18. The molecule has 3 rings (SSSR count). The molecule has 0 aliphatic rings. The van der Waals surface area contributed by atoms with E-state index in [1.54, 1.807) is 18.2 Å². The smallest absolute Gasteiger partial charge is 0.353 e. The fourth-order valence-electron chi connectivity index (χ4n) is 3.16. The molecular formula is C19H17BrClF3N2. The SMILES string of the molecule is NCCCCc1c(-c2ccccc2C(F)(F)F)[nH]c2c(Br)cc(Cl)cc12. The summed E-state index contributed by atoms with van der Waals surface area (Å²) < 4.78 is 41.2. The van der Waals surface area contributed by atoms with Gasteiger partial charge in [-0.1, -0.05) is 29.8 Å². The summed E-state index contributed by atoms with van der Waals surface area (Å²) in [6.45, 7) is 0.543. The molecule has 138 valence electrons. The summed E-state index contributed by atoms with van der Waals surface area (Å²) in [5.41, 5.74) is 7.10. The third-order valence-corrected chi connectivity index (χ3v) is 5.16. The van der Waals surface area contributed by atoms with E-state index in [0.29, 0.717) is 23.7 Å². The summed E-state index contributed by atoms with van der Waals surface area (Å²) in [6.07, 6.45) is -2.23. The molecule has 0 spiro atoms. The van der Waals surface area contributed by atoms with Crippen LogP contribution in [-0.2, 0) is 12.6 Å². The molecule has 0 radical (unpaired) electrons. The van der Waals surface area contributed by atoms with Gasteiger partial charge in [0.25, 0.3) is 0 Å². The van der Waals surface area contributed by atoms with E-state index in [4.69, 9.17) is 17.3 Å². The third-order valence-electron chi connectivity index (χ3n) is 4.31. The number of unbranched alkanes of at least 4 members (excludes halogenated alkanes) is 1. The summed E-state index contributed by atoms with van der Waals surface area (Å²) in [5, 5.41) is 1.35. The van der Waals surface area contributed by atoms with Crippen molar-refractivity contribution in [2.45, 2.75) is 25.4 Å². The number of nitrogens with one attached hydrogen (secondary N) is 1. The molecule has 0 atom stereocenters. The molecule has 1 aromatic heterocycles. The van der Waals surface area contributed by atoms with Crippen LogP contribution in [0.2, 0.25) is 5.02 Å². The van der Waals surface area contributed by atoms with Gasteiger partial charge in [-0.25, -0.2) is 0 Å². The molecule has 0 saturated heterocycles. The van der Waals surface area contributed by atoms with Gasteiger partial charge in [0, 0.05) is 20.4 Å². The Labute approximate surface area is 162 Å². The van der Waals surface area contributed by atoms with Crippen molar-refractivity contribution in [1.29, 1.82) is 0 Å². The fourth-order valence-corrected chi connectivity index (χ4v) is 4.07. The molecule has 0 amide bonds. The fraction of sp³-hybridized carbons (Fsp3) is 0.263. The predicted octanol–water partition coefficient (Wildman–Crippen LogP) is 6.55. The first kappa shape index (κ1) is 19.3. The van der Waals surface area contributed by atoms with Gasteiger partial charge in [0.2, 0.25) is 0 Å². The zero-order valence-corrected chi connectivity index (χ0v) is 16.1. The Morgan fingerprint density at radius 2 is 1.85 bits per heavy atom. The lowest BCUT2D eigenvalue weighted by Crippen LogP contribution is -2.07. The molecular weight excluding hydrogens is 429 g/mol. The Bertz CT molecular complexity index is 934. The Kier molecular flexibility index (Phi) is 5.65. The highest BCUT2D eigenvalue weighted by molar-refractivity contribution is 9.10. The summed E-state index contributed by atoms with van der Waals surface area (Å²) in [7, 11) is 0. The van der Waals surface area contributed by atoms with Gasteiger partial charge >= 0.3 is 6.18 Å². The van der Waals surface area contributed by atoms with Crippen LogP contribution in [0.1, 0.15) is 24.0 Å². The van der Waals surface area contributed by atoms with E-state index in [2.05, 4.69) is 20.9 Å². The maximum atomic E-state index is 13.5. The second-order valence-electron chi connectivity index (χ2n) is 6.08. The minimum atomic E-state index is -4.43. The van der Waals surface area contributed by atoms with Crippen LogP contribution >= 0.6 is 27.5 Å². The zero-order chi connectivity index (χ0) is 18.9. The number of aryl methyl sites for hydroxylation is 1.